The fraction of sp³-hybridized carbons (Fsp3) is 0.0357. The van der Waals surface area contributed by atoms with Crippen LogP contribution in [0, 0.1) is 18.6 Å². The lowest BCUT2D eigenvalue weighted by atomic mass is 9.98. The maximum Gasteiger partial charge on any atom is 0.337 e. The van der Waals surface area contributed by atoms with Crippen molar-refractivity contribution in [1.82, 2.24) is 0 Å². The van der Waals surface area contributed by atoms with Crippen LogP contribution < -0.4 is 16.0 Å². The van der Waals surface area contributed by atoms with Crippen molar-refractivity contribution in [2.45, 2.75) is 6.92 Å². The van der Waals surface area contributed by atoms with E-state index in [0.29, 0.717) is 16.9 Å². The van der Waals surface area contributed by atoms with E-state index < -0.39 is 29.4 Å². The molecule has 4 N–H and O–H groups in total. The first-order valence-electron chi connectivity index (χ1n) is 11.2. The number of anilines is 4. The quantitative estimate of drug-likeness (QED) is 0.186. The molecule has 4 aromatic rings. The van der Waals surface area contributed by atoms with E-state index in [1.807, 2.05) is 0 Å². The number of amides is 2. The third-order valence-electron chi connectivity index (χ3n) is 5.57. The van der Waals surface area contributed by atoms with Crippen LogP contribution in [0.3, 0.4) is 0 Å². The van der Waals surface area contributed by atoms with Crippen molar-refractivity contribution in [3.63, 3.8) is 0 Å². The predicted molar refractivity (Wildman–Crippen MR) is 142 cm³/mol. The highest BCUT2D eigenvalue weighted by Crippen LogP contribution is 2.28. The molecule has 0 bridgehead atoms. The monoisotopic (exact) mass is 535 g/mol. The minimum atomic E-state index is -1.19. The Morgan fingerprint density at radius 3 is 2.21 bits per heavy atom. The second kappa shape index (κ2) is 11.1. The molecular formula is C28H20ClF2N3O4. The molecule has 0 saturated carbocycles. The van der Waals surface area contributed by atoms with Gasteiger partial charge in [-0.3, -0.25) is 4.79 Å². The fourth-order valence-electron chi connectivity index (χ4n) is 3.68. The summed E-state index contributed by atoms with van der Waals surface area (Å²) in [6.45, 7) is 1.72. The van der Waals surface area contributed by atoms with Crippen LogP contribution in [0.25, 0.3) is 0 Å². The lowest BCUT2D eigenvalue weighted by Gasteiger charge is -2.13. The van der Waals surface area contributed by atoms with E-state index in [1.54, 1.807) is 31.2 Å². The van der Waals surface area contributed by atoms with Gasteiger partial charge in [-0.05, 0) is 67.1 Å². The number of aryl methyl sites for hydroxylation is 1. The number of halogens is 3. The van der Waals surface area contributed by atoms with Crippen LogP contribution >= 0.6 is 11.6 Å². The van der Waals surface area contributed by atoms with Gasteiger partial charge in [-0.15, -0.1) is 0 Å². The topological polar surface area (TPSA) is 108 Å². The van der Waals surface area contributed by atoms with Crippen LogP contribution in [0.4, 0.5) is 36.3 Å². The van der Waals surface area contributed by atoms with E-state index in [4.69, 9.17) is 11.6 Å². The molecule has 0 radical (unpaired) electrons. The first-order chi connectivity index (χ1) is 18.1. The molecule has 0 atom stereocenters. The van der Waals surface area contributed by atoms with Crippen molar-refractivity contribution < 1.29 is 28.3 Å². The van der Waals surface area contributed by atoms with E-state index in [2.05, 4.69) is 16.0 Å². The van der Waals surface area contributed by atoms with Gasteiger partial charge in [-0.25, -0.2) is 18.4 Å². The Bertz CT molecular complexity index is 1580. The molecule has 7 nitrogen and oxygen atoms in total. The zero-order chi connectivity index (χ0) is 27.4. The van der Waals surface area contributed by atoms with Gasteiger partial charge in [0.25, 0.3) is 0 Å². The summed E-state index contributed by atoms with van der Waals surface area (Å²) in [5.41, 5.74) is 1.86. The second-order valence-corrected chi connectivity index (χ2v) is 8.64. The Hall–Kier alpha value is -4.76. The van der Waals surface area contributed by atoms with Crippen LogP contribution in [0.15, 0.2) is 78.9 Å². The molecule has 192 valence electrons. The standard InChI is InChI=1S/C28H20ClF2N3O4/c1-15-6-8-17(33-28(38)34-24-5-3-2-4-20(24)27(36)37)13-21(15)26(35)19-10-9-18(14-22(19)29)32-25-11-7-16(30)12-23(25)31/h2-14,32H,1H3,(H,36,37)(H2,33,34,38). The molecule has 0 fully saturated rings. The van der Waals surface area contributed by atoms with Gasteiger partial charge in [-0.1, -0.05) is 29.8 Å². The number of carbonyl (C=O) groups excluding carboxylic acids is 2. The zero-order valence-corrected chi connectivity index (χ0v) is 20.6. The molecule has 0 aliphatic heterocycles. The number of carboxylic acids is 1. The second-order valence-electron chi connectivity index (χ2n) is 8.23. The minimum Gasteiger partial charge on any atom is -0.478 e. The number of ketones is 1. The smallest absolute Gasteiger partial charge is 0.337 e. The van der Waals surface area contributed by atoms with Crippen LogP contribution in [-0.2, 0) is 0 Å². The largest absolute Gasteiger partial charge is 0.478 e. The van der Waals surface area contributed by atoms with Crippen molar-refractivity contribution in [2.75, 3.05) is 16.0 Å². The van der Waals surface area contributed by atoms with E-state index >= 15 is 0 Å². The average molecular weight is 536 g/mol. The molecule has 0 heterocycles. The van der Waals surface area contributed by atoms with Crippen molar-refractivity contribution in [1.29, 1.82) is 0 Å². The molecule has 0 aliphatic carbocycles. The third kappa shape index (κ3) is 5.96. The van der Waals surface area contributed by atoms with Crippen molar-refractivity contribution in [3.8, 4) is 0 Å². The molecule has 0 saturated heterocycles. The van der Waals surface area contributed by atoms with E-state index in [-0.39, 0.29) is 33.1 Å². The summed E-state index contributed by atoms with van der Waals surface area (Å²) < 4.78 is 27.1. The Balaban J connectivity index is 1.52. The van der Waals surface area contributed by atoms with Crippen LogP contribution in [0.5, 0.6) is 0 Å². The van der Waals surface area contributed by atoms with Crippen molar-refractivity contribution in [3.05, 3.63) is 118 Å². The fourth-order valence-corrected chi connectivity index (χ4v) is 3.94. The third-order valence-corrected chi connectivity index (χ3v) is 5.88. The molecular weight excluding hydrogens is 516 g/mol. The number of carbonyl (C=O) groups is 3. The summed E-state index contributed by atoms with van der Waals surface area (Å²) in [5.74, 6) is -3.09. The molecule has 4 aromatic carbocycles. The zero-order valence-electron chi connectivity index (χ0n) is 19.8. The van der Waals surface area contributed by atoms with Gasteiger partial charge < -0.3 is 21.1 Å². The molecule has 2 amide bonds. The summed E-state index contributed by atoms with van der Waals surface area (Å²) in [6.07, 6.45) is 0. The van der Waals surface area contributed by atoms with Crippen LogP contribution in [0.1, 0.15) is 31.8 Å². The van der Waals surface area contributed by atoms with Crippen LogP contribution in [0.2, 0.25) is 5.02 Å². The van der Waals surface area contributed by atoms with E-state index in [0.717, 1.165) is 12.1 Å². The van der Waals surface area contributed by atoms with E-state index in [9.17, 15) is 28.3 Å². The normalized spacial score (nSPS) is 10.5. The summed E-state index contributed by atoms with van der Waals surface area (Å²) in [6, 6.07) is 17.5. The summed E-state index contributed by atoms with van der Waals surface area (Å²) in [4.78, 5) is 37.2. The predicted octanol–water partition coefficient (Wildman–Crippen LogP) is 7.24. The Morgan fingerprint density at radius 2 is 1.50 bits per heavy atom. The summed E-state index contributed by atoms with van der Waals surface area (Å²) in [5, 5.41) is 17.3. The highest BCUT2D eigenvalue weighted by Gasteiger charge is 2.18. The molecule has 0 spiro atoms. The Morgan fingerprint density at radius 1 is 0.763 bits per heavy atom. The van der Waals surface area contributed by atoms with Gasteiger partial charge in [0.2, 0.25) is 0 Å². The van der Waals surface area contributed by atoms with Gasteiger partial charge in [0.15, 0.2) is 5.78 Å². The molecule has 0 unspecified atom stereocenters. The average Bonchev–Trinajstić information content (AvgIpc) is 2.87. The SMILES string of the molecule is Cc1ccc(NC(=O)Nc2ccccc2C(=O)O)cc1C(=O)c1ccc(Nc2ccc(F)cc2F)cc1Cl. The number of para-hydroxylation sites is 1. The number of aromatic carboxylic acids is 1. The Kier molecular flexibility index (Phi) is 7.68. The number of carboxylic acid groups (broad SMARTS) is 1. The van der Waals surface area contributed by atoms with Gasteiger partial charge in [0, 0.05) is 28.6 Å². The molecule has 0 aromatic heterocycles. The first kappa shape index (κ1) is 26.3. The summed E-state index contributed by atoms with van der Waals surface area (Å²) >= 11 is 6.37. The summed E-state index contributed by atoms with van der Waals surface area (Å²) in [7, 11) is 0. The van der Waals surface area contributed by atoms with Crippen molar-refractivity contribution >= 4 is 52.1 Å². The highest BCUT2D eigenvalue weighted by atomic mass is 35.5. The number of urea groups is 1. The maximum absolute atomic E-state index is 14.0. The van der Waals surface area contributed by atoms with Crippen LogP contribution in [-0.4, -0.2) is 22.9 Å². The van der Waals surface area contributed by atoms with Crippen molar-refractivity contribution in [2.24, 2.45) is 0 Å². The lowest BCUT2D eigenvalue weighted by molar-refractivity contribution is 0.0697. The minimum absolute atomic E-state index is 0.0421. The Labute approximate surface area is 221 Å². The molecule has 4 rings (SSSR count). The molecule has 0 aliphatic rings. The number of benzene rings is 4. The maximum atomic E-state index is 14.0. The molecule has 10 heteroatoms. The molecule has 38 heavy (non-hydrogen) atoms. The number of hydrogen-bond acceptors (Lipinski definition) is 4. The van der Waals surface area contributed by atoms with Gasteiger partial charge in [0.05, 0.1) is 22.0 Å². The van der Waals surface area contributed by atoms with Gasteiger partial charge in [-0.2, -0.15) is 0 Å². The number of hydrogen-bond donors (Lipinski definition) is 4. The van der Waals surface area contributed by atoms with Gasteiger partial charge in [0.1, 0.15) is 11.6 Å². The van der Waals surface area contributed by atoms with Gasteiger partial charge >= 0.3 is 12.0 Å². The van der Waals surface area contributed by atoms with E-state index in [1.165, 1.54) is 42.5 Å². The highest BCUT2D eigenvalue weighted by molar-refractivity contribution is 6.35. The number of rotatable bonds is 7. The lowest BCUT2D eigenvalue weighted by Crippen LogP contribution is -2.21. The first-order valence-corrected chi connectivity index (χ1v) is 11.6. The number of nitrogens with one attached hydrogen (secondary N) is 3.